The molecule has 0 bridgehead atoms. The van der Waals surface area contributed by atoms with Crippen molar-refractivity contribution in [1.82, 2.24) is 0 Å². The smallest absolute Gasteiger partial charge is 0.00898 e. The SMILES string of the molecule is CC1C=C(CCC(c2cccc3ccccc23)C2C=CC=C3C=CC=CC32)C=CC1. The first-order valence-corrected chi connectivity index (χ1v) is 11.4. The zero-order chi connectivity index (χ0) is 20.3. The molecule has 0 amide bonds. The Morgan fingerprint density at radius 3 is 2.77 bits per heavy atom. The third kappa shape index (κ3) is 3.79. The van der Waals surface area contributed by atoms with E-state index in [1.54, 1.807) is 0 Å². The summed E-state index contributed by atoms with van der Waals surface area (Å²) in [6.45, 7) is 2.33. The lowest BCUT2D eigenvalue weighted by atomic mass is 9.69. The predicted molar refractivity (Wildman–Crippen MR) is 129 cm³/mol. The van der Waals surface area contributed by atoms with Crippen molar-refractivity contribution in [1.29, 1.82) is 0 Å². The summed E-state index contributed by atoms with van der Waals surface area (Å²) in [5.41, 5.74) is 4.45. The van der Waals surface area contributed by atoms with E-state index >= 15 is 0 Å². The van der Waals surface area contributed by atoms with Gasteiger partial charge in [0.2, 0.25) is 0 Å². The second kappa shape index (κ2) is 8.48. The minimum Gasteiger partial charge on any atom is -0.0837 e. The van der Waals surface area contributed by atoms with Gasteiger partial charge in [-0.1, -0.05) is 116 Å². The maximum atomic E-state index is 2.48. The third-order valence-electron chi connectivity index (χ3n) is 6.91. The van der Waals surface area contributed by atoms with E-state index in [9.17, 15) is 0 Å². The molecule has 2 aromatic rings. The fourth-order valence-electron chi connectivity index (χ4n) is 5.43. The second-order valence-electron chi connectivity index (χ2n) is 8.97. The number of hydrogen-bond donors (Lipinski definition) is 0. The highest BCUT2D eigenvalue weighted by Crippen LogP contribution is 2.44. The van der Waals surface area contributed by atoms with Gasteiger partial charge in [-0.25, -0.2) is 0 Å². The number of fused-ring (bicyclic) bond motifs is 2. The summed E-state index contributed by atoms with van der Waals surface area (Å²) >= 11 is 0. The molecule has 4 atom stereocenters. The van der Waals surface area contributed by atoms with Crippen LogP contribution >= 0.6 is 0 Å². The lowest BCUT2D eigenvalue weighted by Gasteiger charge is -2.35. The Balaban J connectivity index is 1.53. The van der Waals surface area contributed by atoms with Crippen LogP contribution < -0.4 is 0 Å². The van der Waals surface area contributed by atoms with Crippen molar-refractivity contribution >= 4 is 10.8 Å². The van der Waals surface area contributed by atoms with Gasteiger partial charge in [0.05, 0.1) is 0 Å². The molecule has 0 nitrogen and oxygen atoms in total. The van der Waals surface area contributed by atoms with Crippen LogP contribution in [0.3, 0.4) is 0 Å². The van der Waals surface area contributed by atoms with Crippen molar-refractivity contribution in [2.24, 2.45) is 17.8 Å². The molecular formula is C30H30. The first-order chi connectivity index (χ1) is 14.8. The van der Waals surface area contributed by atoms with Gasteiger partial charge in [-0.05, 0) is 58.9 Å². The first kappa shape index (κ1) is 19.1. The van der Waals surface area contributed by atoms with Crippen molar-refractivity contribution in [3.8, 4) is 0 Å². The Morgan fingerprint density at radius 2 is 1.83 bits per heavy atom. The van der Waals surface area contributed by atoms with Crippen molar-refractivity contribution in [3.05, 3.63) is 120 Å². The summed E-state index contributed by atoms with van der Waals surface area (Å²) in [6, 6.07) is 15.7. The van der Waals surface area contributed by atoms with Crippen LogP contribution in [0.5, 0.6) is 0 Å². The Hall–Kier alpha value is -2.86. The molecule has 0 aromatic heterocycles. The molecule has 0 N–H and O–H groups in total. The average molecular weight is 391 g/mol. The van der Waals surface area contributed by atoms with Gasteiger partial charge in [-0.3, -0.25) is 0 Å². The van der Waals surface area contributed by atoms with E-state index in [4.69, 9.17) is 0 Å². The molecule has 0 saturated carbocycles. The van der Waals surface area contributed by atoms with Gasteiger partial charge in [0.25, 0.3) is 0 Å². The molecule has 0 spiro atoms. The summed E-state index contributed by atoms with van der Waals surface area (Å²) in [5.74, 6) is 2.11. The molecule has 0 saturated heterocycles. The quantitative estimate of drug-likeness (QED) is 0.484. The summed E-state index contributed by atoms with van der Waals surface area (Å²) in [6.07, 6.45) is 26.8. The van der Waals surface area contributed by atoms with Crippen LogP contribution in [0.4, 0.5) is 0 Å². The van der Waals surface area contributed by atoms with Crippen molar-refractivity contribution in [2.75, 3.05) is 0 Å². The van der Waals surface area contributed by atoms with Crippen LogP contribution in [0.2, 0.25) is 0 Å². The topological polar surface area (TPSA) is 0 Å². The molecule has 30 heavy (non-hydrogen) atoms. The minimum absolute atomic E-state index is 0.471. The molecule has 4 unspecified atom stereocenters. The van der Waals surface area contributed by atoms with E-state index in [-0.39, 0.29) is 0 Å². The van der Waals surface area contributed by atoms with Crippen LogP contribution in [-0.2, 0) is 0 Å². The van der Waals surface area contributed by atoms with Gasteiger partial charge in [-0.15, -0.1) is 0 Å². The van der Waals surface area contributed by atoms with Gasteiger partial charge in [0.15, 0.2) is 0 Å². The van der Waals surface area contributed by atoms with Gasteiger partial charge < -0.3 is 0 Å². The molecule has 0 radical (unpaired) electrons. The van der Waals surface area contributed by atoms with Crippen LogP contribution in [-0.4, -0.2) is 0 Å². The van der Waals surface area contributed by atoms with E-state index in [0.29, 0.717) is 23.7 Å². The van der Waals surface area contributed by atoms with E-state index in [1.807, 2.05) is 0 Å². The van der Waals surface area contributed by atoms with Crippen molar-refractivity contribution < 1.29 is 0 Å². The van der Waals surface area contributed by atoms with Gasteiger partial charge in [-0.2, -0.15) is 0 Å². The molecule has 3 aliphatic rings. The maximum Gasteiger partial charge on any atom is 0.00898 e. The molecular weight excluding hydrogens is 360 g/mol. The average Bonchev–Trinajstić information content (AvgIpc) is 2.79. The zero-order valence-corrected chi connectivity index (χ0v) is 17.7. The fraction of sp³-hybridized carbons (Fsp3) is 0.267. The van der Waals surface area contributed by atoms with Crippen LogP contribution in [0.15, 0.2) is 114 Å². The molecule has 2 aromatic carbocycles. The second-order valence-corrected chi connectivity index (χ2v) is 8.97. The summed E-state index contributed by atoms with van der Waals surface area (Å²) in [5, 5.41) is 2.76. The Morgan fingerprint density at radius 1 is 0.933 bits per heavy atom. The van der Waals surface area contributed by atoms with Gasteiger partial charge in [0, 0.05) is 5.92 Å². The monoisotopic (exact) mass is 390 g/mol. The number of rotatable bonds is 5. The van der Waals surface area contributed by atoms with E-state index in [2.05, 4.69) is 110 Å². The molecule has 0 heterocycles. The summed E-state index contributed by atoms with van der Waals surface area (Å²) in [4.78, 5) is 0. The minimum atomic E-state index is 0.471. The van der Waals surface area contributed by atoms with Gasteiger partial charge in [0.1, 0.15) is 0 Å². The van der Waals surface area contributed by atoms with Crippen molar-refractivity contribution in [3.63, 3.8) is 0 Å². The summed E-state index contributed by atoms with van der Waals surface area (Å²) in [7, 11) is 0. The van der Waals surface area contributed by atoms with Crippen molar-refractivity contribution in [2.45, 2.75) is 32.1 Å². The highest BCUT2D eigenvalue weighted by Gasteiger charge is 2.31. The maximum absolute atomic E-state index is 2.48. The van der Waals surface area contributed by atoms with Crippen LogP contribution in [0.1, 0.15) is 37.7 Å². The normalized spacial score (nSPS) is 25.7. The van der Waals surface area contributed by atoms with E-state index in [0.717, 1.165) is 6.42 Å². The number of benzene rings is 2. The molecule has 5 rings (SSSR count). The third-order valence-corrected chi connectivity index (χ3v) is 6.91. The summed E-state index contributed by atoms with van der Waals surface area (Å²) < 4.78 is 0. The molecule has 0 aliphatic heterocycles. The Kier molecular flexibility index (Phi) is 5.41. The van der Waals surface area contributed by atoms with Gasteiger partial charge >= 0.3 is 0 Å². The van der Waals surface area contributed by atoms with Crippen LogP contribution in [0, 0.1) is 17.8 Å². The molecule has 0 fully saturated rings. The highest BCUT2D eigenvalue weighted by molar-refractivity contribution is 5.86. The Bertz CT molecular complexity index is 1100. The van der Waals surface area contributed by atoms with Crippen LogP contribution in [0.25, 0.3) is 10.8 Å². The fourth-order valence-corrected chi connectivity index (χ4v) is 5.43. The number of hydrogen-bond acceptors (Lipinski definition) is 0. The highest BCUT2D eigenvalue weighted by atomic mass is 14.3. The standard InChI is InChI=1S/C30H30/c1-22-9-6-10-23(21-22)19-20-30(28-17-7-13-24-11-2-4-15-26(24)28)29-18-8-14-25-12-3-5-16-27(25)29/h2-8,10-18,21-22,26,28,30H,9,19-20H2,1H3. The lowest BCUT2D eigenvalue weighted by Crippen LogP contribution is -2.23. The predicted octanol–water partition coefficient (Wildman–Crippen LogP) is 8.08. The largest absolute Gasteiger partial charge is 0.0837 e. The molecule has 150 valence electrons. The van der Waals surface area contributed by atoms with E-state index < -0.39 is 0 Å². The lowest BCUT2D eigenvalue weighted by molar-refractivity contribution is 0.413. The Labute approximate surface area is 180 Å². The molecule has 3 aliphatic carbocycles. The number of allylic oxidation sites excluding steroid dienone is 12. The molecule has 0 heteroatoms. The van der Waals surface area contributed by atoms with E-state index in [1.165, 1.54) is 40.3 Å². The zero-order valence-electron chi connectivity index (χ0n) is 17.7. The first-order valence-electron chi connectivity index (χ1n) is 11.4.